The highest BCUT2D eigenvalue weighted by molar-refractivity contribution is 6.33. The first-order valence-corrected chi connectivity index (χ1v) is 9.98. The minimum Gasteiger partial charge on any atom is -1.00 e. The van der Waals surface area contributed by atoms with Gasteiger partial charge >= 0.3 is 7.54 Å². The molecule has 3 rings (SSSR count). The molecule has 0 spiro atoms. The molecule has 0 amide bonds. The fraction of sp³-hybridized carbons (Fsp3) is 0.478. The lowest BCUT2D eigenvalue weighted by molar-refractivity contribution is -0.0000101. The highest BCUT2D eigenvalue weighted by atomic mass is 19.4. The third-order valence-corrected chi connectivity index (χ3v) is 4.45. The van der Waals surface area contributed by atoms with Gasteiger partial charge in [-0.3, -0.25) is 12.9 Å². The first kappa shape index (κ1) is 25.9. The predicted molar refractivity (Wildman–Crippen MR) is 119 cm³/mol. The van der Waals surface area contributed by atoms with Crippen LogP contribution in [0.3, 0.4) is 0 Å². The summed E-state index contributed by atoms with van der Waals surface area (Å²) in [5, 5.41) is 0. The van der Waals surface area contributed by atoms with Gasteiger partial charge < -0.3 is 14.5 Å². The molecule has 0 saturated heterocycles. The lowest BCUT2D eigenvalue weighted by atomic mass is 9.95. The molecule has 2 aromatic rings. The molecule has 0 aromatic heterocycles. The van der Waals surface area contributed by atoms with Crippen LogP contribution in [0, 0.1) is 10.8 Å². The molecule has 2 aromatic carbocycles. The highest BCUT2D eigenvalue weighted by Gasteiger charge is 2.28. The minimum absolute atomic E-state index is 0. The number of hydrogen-bond donors (Lipinski definition) is 0. The monoisotopic (exact) mass is 423 g/mol. The third kappa shape index (κ3) is 7.58. The lowest BCUT2D eigenvalue weighted by Gasteiger charge is -2.38. The van der Waals surface area contributed by atoms with E-state index in [0.29, 0.717) is 0 Å². The zero-order valence-corrected chi connectivity index (χ0v) is 18.7. The second-order valence-electron chi connectivity index (χ2n) is 9.94. The molecular formula is C23H32BF4N2-. The summed E-state index contributed by atoms with van der Waals surface area (Å²) in [6.45, 7) is 16.9. The van der Waals surface area contributed by atoms with Crippen molar-refractivity contribution in [1.29, 1.82) is 0 Å². The van der Waals surface area contributed by atoms with Crippen molar-refractivity contribution in [2.24, 2.45) is 10.8 Å². The molecule has 0 atom stereocenters. The standard InChI is InChI=1S/C23H32N2.BF3.FH/c1-22(2,3)15-24-17-25(16-23(4,5)6)21-14-10-8-12-19(21)18-11-7-9-13-20(18)24;2-1(3)4;/h7-14H,15-17H2,1-6H3;;1H/p-1. The van der Waals surface area contributed by atoms with E-state index in [0.717, 1.165) is 19.8 Å². The van der Waals surface area contributed by atoms with Gasteiger partial charge in [0.1, 0.15) is 0 Å². The molecule has 7 heteroatoms. The smallest absolute Gasteiger partial charge is 0.762 e. The van der Waals surface area contributed by atoms with E-state index in [1.54, 1.807) is 0 Å². The van der Waals surface area contributed by atoms with Crippen LogP contribution in [0.5, 0.6) is 0 Å². The summed E-state index contributed by atoms with van der Waals surface area (Å²) >= 11 is 0. The minimum atomic E-state index is -3.67. The van der Waals surface area contributed by atoms with Crippen molar-refractivity contribution in [3.8, 4) is 11.1 Å². The molecule has 0 fully saturated rings. The zero-order chi connectivity index (χ0) is 21.8. The quantitative estimate of drug-likeness (QED) is 0.534. The van der Waals surface area contributed by atoms with Crippen molar-refractivity contribution in [2.45, 2.75) is 41.5 Å². The molecule has 1 aliphatic heterocycles. The number of benzene rings is 2. The zero-order valence-electron chi connectivity index (χ0n) is 18.7. The van der Waals surface area contributed by atoms with E-state index in [4.69, 9.17) is 0 Å². The molecular weight excluding hydrogens is 391 g/mol. The van der Waals surface area contributed by atoms with Crippen LogP contribution in [0.15, 0.2) is 48.5 Å². The van der Waals surface area contributed by atoms with E-state index in [2.05, 4.69) is 99.9 Å². The van der Waals surface area contributed by atoms with E-state index in [-0.39, 0.29) is 15.5 Å². The Kier molecular flexibility index (Phi) is 8.82. The van der Waals surface area contributed by atoms with Gasteiger partial charge in [-0.15, -0.1) is 0 Å². The van der Waals surface area contributed by atoms with Crippen LogP contribution in [0.2, 0.25) is 0 Å². The largest absolute Gasteiger partial charge is 1.00 e. The summed E-state index contributed by atoms with van der Waals surface area (Å²) in [5.74, 6) is 0. The van der Waals surface area contributed by atoms with Crippen molar-refractivity contribution >= 4 is 18.9 Å². The average molecular weight is 423 g/mol. The molecule has 166 valence electrons. The normalized spacial score (nSPS) is 13.2. The van der Waals surface area contributed by atoms with Gasteiger partial charge in [-0.2, -0.15) is 0 Å². The summed E-state index contributed by atoms with van der Waals surface area (Å²) in [7, 11) is -3.67. The van der Waals surface area contributed by atoms with Crippen LogP contribution in [-0.2, 0) is 0 Å². The lowest BCUT2D eigenvalue weighted by Crippen LogP contribution is -3.00. The molecule has 1 heterocycles. The van der Waals surface area contributed by atoms with Crippen LogP contribution in [0.1, 0.15) is 41.5 Å². The van der Waals surface area contributed by atoms with Crippen molar-refractivity contribution < 1.29 is 17.7 Å². The maximum atomic E-state index is 9.67. The van der Waals surface area contributed by atoms with Crippen LogP contribution in [0.25, 0.3) is 11.1 Å². The van der Waals surface area contributed by atoms with Gasteiger partial charge in [-0.05, 0) is 23.0 Å². The molecule has 0 bridgehead atoms. The highest BCUT2D eigenvalue weighted by Crippen LogP contribution is 2.41. The number of nitrogens with zero attached hydrogens (tertiary/aromatic N) is 2. The van der Waals surface area contributed by atoms with Crippen molar-refractivity contribution in [2.75, 3.05) is 29.6 Å². The maximum absolute atomic E-state index is 9.67. The molecule has 0 radical (unpaired) electrons. The van der Waals surface area contributed by atoms with E-state index in [1.165, 1.54) is 22.5 Å². The van der Waals surface area contributed by atoms with E-state index < -0.39 is 7.54 Å². The molecule has 30 heavy (non-hydrogen) atoms. The summed E-state index contributed by atoms with van der Waals surface area (Å²) in [5.41, 5.74) is 5.88. The van der Waals surface area contributed by atoms with Gasteiger partial charge in [-0.1, -0.05) is 77.9 Å². The van der Waals surface area contributed by atoms with Crippen molar-refractivity contribution in [3.05, 3.63) is 48.5 Å². The van der Waals surface area contributed by atoms with Gasteiger partial charge in [0.25, 0.3) is 0 Å². The third-order valence-electron chi connectivity index (χ3n) is 4.45. The first-order chi connectivity index (χ1) is 13.4. The Balaban J connectivity index is 0.000000827. The van der Waals surface area contributed by atoms with Crippen LogP contribution in [0.4, 0.5) is 24.3 Å². The number of para-hydroxylation sites is 2. The fourth-order valence-electron chi connectivity index (χ4n) is 3.73. The predicted octanol–water partition coefficient (Wildman–Crippen LogP) is 3.91. The van der Waals surface area contributed by atoms with Gasteiger partial charge in [0.2, 0.25) is 0 Å². The Morgan fingerprint density at radius 1 is 0.700 bits per heavy atom. The Bertz CT molecular complexity index is 734. The average Bonchev–Trinajstić information content (AvgIpc) is 2.68. The van der Waals surface area contributed by atoms with Crippen LogP contribution < -0.4 is 14.5 Å². The summed E-state index contributed by atoms with van der Waals surface area (Å²) < 4.78 is 29.0. The van der Waals surface area contributed by atoms with Crippen molar-refractivity contribution in [1.82, 2.24) is 0 Å². The SMILES string of the molecule is CC(C)(C)CN1CN(CC(C)(C)C)c2ccccc2-c2ccccc21.FB(F)F.[F-]. The van der Waals surface area contributed by atoms with Gasteiger partial charge in [0.15, 0.2) is 0 Å². The number of anilines is 2. The van der Waals surface area contributed by atoms with Gasteiger partial charge in [0.05, 0.1) is 6.67 Å². The molecule has 0 aliphatic carbocycles. The fourth-order valence-corrected chi connectivity index (χ4v) is 3.73. The number of fused-ring (bicyclic) bond motifs is 3. The Hall–Kier alpha value is -2.18. The second-order valence-corrected chi connectivity index (χ2v) is 9.94. The molecule has 0 unspecified atom stereocenters. The van der Waals surface area contributed by atoms with E-state index in [1.807, 2.05) is 0 Å². The molecule has 1 aliphatic rings. The number of rotatable bonds is 2. The van der Waals surface area contributed by atoms with Crippen molar-refractivity contribution in [3.63, 3.8) is 0 Å². The topological polar surface area (TPSA) is 6.48 Å². The van der Waals surface area contributed by atoms with Crippen LogP contribution >= 0.6 is 0 Å². The van der Waals surface area contributed by atoms with Crippen LogP contribution in [-0.4, -0.2) is 27.3 Å². The Morgan fingerprint density at radius 3 is 1.30 bits per heavy atom. The summed E-state index contributed by atoms with van der Waals surface area (Å²) in [6.07, 6.45) is 0. The molecule has 0 N–H and O–H groups in total. The summed E-state index contributed by atoms with van der Waals surface area (Å²) in [4.78, 5) is 5.11. The first-order valence-electron chi connectivity index (χ1n) is 9.98. The van der Waals surface area contributed by atoms with Gasteiger partial charge in [-0.25, -0.2) is 0 Å². The Morgan fingerprint density at radius 2 is 1.00 bits per heavy atom. The molecule has 0 saturated carbocycles. The summed E-state index contributed by atoms with van der Waals surface area (Å²) in [6, 6.07) is 17.7. The molecule has 2 nitrogen and oxygen atoms in total. The Labute approximate surface area is 178 Å². The maximum Gasteiger partial charge on any atom is 0.762 e. The van der Waals surface area contributed by atoms with E-state index in [9.17, 15) is 12.9 Å². The number of hydrogen-bond acceptors (Lipinski definition) is 2. The van der Waals surface area contributed by atoms with Gasteiger partial charge in [0, 0.05) is 35.6 Å². The number of halogens is 4. The van der Waals surface area contributed by atoms with E-state index >= 15 is 0 Å². The second kappa shape index (κ2) is 10.2.